The van der Waals surface area contributed by atoms with Crippen molar-refractivity contribution in [1.82, 2.24) is 5.01 Å². The van der Waals surface area contributed by atoms with E-state index in [0.717, 1.165) is 10.0 Å². The third-order valence-corrected chi connectivity index (χ3v) is 4.32. The number of benzene rings is 2. The number of hydrogen-bond donors (Lipinski definition) is 0. The second-order valence-corrected chi connectivity index (χ2v) is 6.33. The van der Waals surface area contributed by atoms with E-state index in [-0.39, 0.29) is 5.91 Å². The molecular formula is C17H13BrN2O2S. The Kier molecular flexibility index (Phi) is 4.54. The van der Waals surface area contributed by atoms with Gasteiger partial charge in [-0.05, 0) is 37.3 Å². The fourth-order valence-corrected chi connectivity index (χ4v) is 2.72. The third-order valence-electron chi connectivity index (χ3n) is 3.32. The first-order chi connectivity index (χ1) is 11.1. The number of carbonyl (C=O) groups excluding carboxylic acids is 1. The Labute approximate surface area is 147 Å². The lowest BCUT2D eigenvalue weighted by molar-refractivity contribution is 0.0817. The molecule has 3 rings (SSSR count). The molecule has 0 radical (unpaired) electrons. The summed E-state index contributed by atoms with van der Waals surface area (Å²) < 4.78 is 6.66. The Morgan fingerprint density at radius 3 is 2.65 bits per heavy atom. The lowest BCUT2D eigenvalue weighted by atomic mass is 10.2. The Hall–Kier alpha value is -2.05. The number of rotatable bonds is 2. The Morgan fingerprint density at radius 1 is 1.22 bits per heavy atom. The maximum Gasteiger partial charge on any atom is 0.279 e. The van der Waals surface area contributed by atoms with E-state index < -0.39 is 6.10 Å². The van der Waals surface area contributed by atoms with E-state index in [0.29, 0.717) is 16.4 Å². The van der Waals surface area contributed by atoms with Crippen LogP contribution in [0.5, 0.6) is 0 Å². The fraction of sp³-hybridized carbons (Fsp3) is 0.118. The molecule has 1 unspecified atom stereocenters. The van der Waals surface area contributed by atoms with Gasteiger partial charge in [-0.1, -0.05) is 52.4 Å². The normalized spacial score (nSPS) is 17.5. The van der Waals surface area contributed by atoms with Gasteiger partial charge in [0.2, 0.25) is 5.90 Å². The molecule has 0 aliphatic carbocycles. The Morgan fingerprint density at radius 2 is 1.96 bits per heavy atom. The van der Waals surface area contributed by atoms with Gasteiger partial charge in [-0.2, -0.15) is 5.01 Å². The van der Waals surface area contributed by atoms with Gasteiger partial charge in [0.15, 0.2) is 6.10 Å². The van der Waals surface area contributed by atoms with Crippen LogP contribution in [0.4, 0.5) is 0 Å². The van der Waals surface area contributed by atoms with Crippen LogP contribution in [-0.4, -0.2) is 27.9 Å². The van der Waals surface area contributed by atoms with Crippen LogP contribution in [0.15, 0.2) is 64.2 Å². The van der Waals surface area contributed by atoms with Crippen LogP contribution in [0.1, 0.15) is 22.8 Å². The van der Waals surface area contributed by atoms with Crippen LogP contribution >= 0.6 is 28.1 Å². The number of carbonyl (C=O) groups is 1. The molecule has 1 heterocycles. The Balaban J connectivity index is 1.99. The highest BCUT2D eigenvalue weighted by Crippen LogP contribution is 2.20. The third kappa shape index (κ3) is 3.33. The molecular weight excluding hydrogens is 376 g/mol. The lowest BCUT2D eigenvalue weighted by Gasteiger charge is -2.29. The highest BCUT2D eigenvalue weighted by molar-refractivity contribution is 9.10. The molecule has 0 fully saturated rings. The van der Waals surface area contributed by atoms with Crippen molar-refractivity contribution in [3.8, 4) is 0 Å². The van der Waals surface area contributed by atoms with Crippen LogP contribution in [0.3, 0.4) is 0 Å². The molecule has 0 saturated carbocycles. The van der Waals surface area contributed by atoms with Crippen molar-refractivity contribution in [1.29, 1.82) is 0 Å². The summed E-state index contributed by atoms with van der Waals surface area (Å²) >= 11 is 8.74. The van der Waals surface area contributed by atoms with Gasteiger partial charge in [0.05, 0.1) is 0 Å². The molecule has 0 bridgehead atoms. The highest BCUT2D eigenvalue weighted by atomic mass is 79.9. The first-order valence-corrected chi connectivity index (χ1v) is 8.21. The van der Waals surface area contributed by atoms with Gasteiger partial charge in [0.25, 0.3) is 5.91 Å². The summed E-state index contributed by atoms with van der Waals surface area (Å²) in [6.07, 6.45) is -0.413. The van der Waals surface area contributed by atoms with Crippen molar-refractivity contribution in [3.63, 3.8) is 0 Å². The molecule has 4 nitrogen and oxygen atoms in total. The van der Waals surface area contributed by atoms with Gasteiger partial charge in [-0.15, -0.1) is 5.10 Å². The summed E-state index contributed by atoms with van der Waals surface area (Å²) in [5.74, 6) is 0.106. The zero-order valence-electron chi connectivity index (χ0n) is 12.3. The summed E-state index contributed by atoms with van der Waals surface area (Å²) in [5.41, 5.74) is 1.31. The molecule has 0 aromatic heterocycles. The number of amides is 1. The van der Waals surface area contributed by atoms with Gasteiger partial charge < -0.3 is 4.74 Å². The number of nitrogens with zero attached hydrogens (tertiary/aromatic N) is 2. The first-order valence-electron chi connectivity index (χ1n) is 7.01. The molecule has 116 valence electrons. The Bertz CT molecular complexity index is 792. The van der Waals surface area contributed by atoms with E-state index in [9.17, 15) is 4.79 Å². The maximum atomic E-state index is 12.7. The van der Waals surface area contributed by atoms with Gasteiger partial charge in [-0.25, -0.2) is 0 Å². The van der Waals surface area contributed by atoms with Crippen molar-refractivity contribution in [2.24, 2.45) is 5.10 Å². The average Bonchev–Trinajstić information content (AvgIpc) is 2.57. The smallest absolute Gasteiger partial charge is 0.279 e. The number of ether oxygens (including phenoxy) is 1. The maximum absolute atomic E-state index is 12.7. The number of hydrazone groups is 1. The van der Waals surface area contributed by atoms with E-state index in [1.807, 2.05) is 30.3 Å². The van der Waals surface area contributed by atoms with E-state index >= 15 is 0 Å². The monoisotopic (exact) mass is 388 g/mol. The SMILES string of the molecule is CC1OC(c2cccc(Br)c2)=NN(C(=O)c2ccccc2)C1=S. The topological polar surface area (TPSA) is 41.9 Å². The summed E-state index contributed by atoms with van der Waals surface area (Å²) in [7, 11) is 0. The van der Waals surface area contributed by atoms with E-state index in [2.05, 4.69) is 21.0 Å². The van der Waals surface area contributed by atoms with Crippen LogP contribution in [-0.2, 0) is 4.74 Å². The molecule has 23 heavy (non-hydrogen) atoms. The largest absolute Gasteiger partial charge is 0.466 e. The van der Waals surface area contributed by atoms with E-state index in [4.69, 9.17) is 17.0 Å². The number of hydrogen-bond acceptors (Lipinski definition) is 4. The molecule has 0 spiro atoms. The highest BCUT2D eigenvalue weighted by Gasteiger charge is 2.31. The number of thiocarbonyl (C=S) groups is 1. The predicted octanol–water partition coefficient (Wildman–Crippen LogP) is 4.00. The van der Waals surface area contributed by atoms with Gasteiger partial charge >= 0.3 is 0 Å². The molecule has 0 saturated heterocycles. The lowest BCUT2D eigenvalue weighted by Crippen LogP contribution is -2.44. The summed E-state index contributed by atoms with van der Waals surface area (Å²) in [6, 6.07) is 16.5. The summed E-state index contributed by atoms with van der Waals surface area (Å²) in [6.45, 7) is 1.81. The minimum atomic E-state index is -0.413. The molecule has 1 amide bonds. The molecule has 0 N–H and O–H groups in total. The fourth-order valence-electron chi connectivity index (χ4n) is 2.15. The first kappa shape index (κ1) is 15.8. The minimum absolute atomic E-state index is 0.266. The summed E-state index contributed by atoms with van der Waals surface area (Å²) in [4.78, 5) is 13.0. The van der Waals surface area contributed by atoms with Crippen molar-refractivity contribution >= 4 is 44.9 Å². The minimum Gasteiger partial charge on any atom is -0.466 e. The second-order valence-electron chi connectivity index (χ2n) is 5.00. The number of halogens is 1. The van der Waals surface area contributed by atoms with Crippen LogP contribution in [0.2, 0.25) is 0 Å². The molecule has 6 heteroatoms. The zero-order chi connectivity index (χ0) is 16.4. The van der Waals surface area contributed by atoms with Crippen molar-refractivity contribution in [3.05, 3.63) is 70.2 Å². The molecule has 2 aromatic carbocycles. The molecule has 1 aliphatic rings. The van der Waals surface area contributed by atoms with Crippen molar-refractivity contribution in [2.45, 2.75) is 13.0 Å². The average molecular weight is 389 g/mol. The van der Waals surface area contributed by atoms with Gasteiger partial charge in [0.1, 0.15) is 4.99 Å². The second kappa shape index (κ2) is 6.60. The van der Waals surface area contributed by atoms with Crippen molar-refractivity contribution < 1.29 is 9.53 Å². The predicted molar refractivity (Wildman–Crippen MR) is 96.4 cm³/mol. The van der Waals surface area contributed by atoms with Gasteiger partial charge in [-0.3, -0.25) is 4.79 Å². The van der Waals surface area contributed by atoms with E-state index in [1.54, 1.807) is 31.2 Å². The van der Waals surface area contributed by atoms with E-state index in [1.165, 1.54) is 5.01 Å². The van der Waals surface area contributed by atoms with Crippen LogP contribution in [0.25, 0.3) is 0 Å². The van der Waals surface area contributed by atoms with Crippen LogP contribution < -0.4 is 0 Å². The van der Waals surface area contributed by atoms with Gasteiger partial charge in [0, 0.05) is 15.6 Å². The standard InChI is InChI=1S/C17H13BrN2O2S/c1-11-17(23)20(16(21)12-6-3-2-4-7-12)19-15(22-11)13-8-5-9-14(18)10-13/h2-11H,1H3. The van der Waals surface area contributed by atoms with Crippen molar-refractivity contribution in [2.75, 3.05) is 0 Å². The molecule has 1 atom stereocenters. The zero-order valence-corrected chi connectivity index (χ0v) is 14.7. The molecule has 2 aromatic rings. The summed E-state index contributed by atoms with van der Waals surface area (Å²) in [5, 5.41) is 5.56. The molecule has 1 aliphatic heterocycles. The van der Waals surface area contributed by atoms with Crippen LogP contribution in [0, 0.1) is 0 Å². The quantitative estimate of drug-likeness (QED) is 0.730.